The van der Waals surface area contributed by atoms with Crippen LogP contribution in [0.25, 0.3) is 22.3 Å². The van der Waals surface area contributed by atoms with Gasteiger partial charge < -0.3 is 9.47 Å². The molecule has 1 saturated carbocycles. The average Bonchev–Trinajstić information content (AvgIpc) is 3.02. The van der Waals surface area contributed by atoms with Gasteiger partial charge in [0.15, 0.2) is 17.4 Å². The summed E-state index contributed by atoms with van der Waals surface area (Å²) in [7, 11) is 0. The Hall–Kier alpha value is -4.08. The molecule has 0 aliphatic heterocycles. The molecule has 10 heteroatoms. The first-order chi connectivity index (χ1) is 22.5. The number of hydrogen-bond donors (Lipinski definition) is 0. The van der Waals surface area contributed by atoms with Gasteiger partial charge in [-0.3, -0.25) is 0 Å². The number of rotatable bonds is 12. The fourth-order valence-corrected chi connectivity index (χ4v) is 6.34. The molecule has 0 bridgehead atoms. The van der Waals surface area contributed by atoms with Crippen molar-refractivity contribution in [3.05, 3.63) is 107 Å². The standard InChI is InChI=1S/C37H34F8O2/c1-2-3-4-5-22-6-8-23(9-7-22)24-10-12-25(13-11-24)26-14-15-29(30(39)16-26)27-17-31(40)35(32(41)18-27)37(44,45)47-28-19-33(42)36(46-21-38)34(43)20-28/h10-20,22-23H,2-9,21H2,1H3. The van der Waals surface area contributed by atoms with Crippen LogP contribution in [-0.4, -0.2) is 6.86 Å². The molecule has 4 aromatic carbocycles. The Morgan fingerprint density at radius 1 is 0.681 bits per heavy atom. The van der Waals surface area contributed by atoms with E-state index in [9.17, 15) is 30.7 Å². The smallest absolute Gasteiger partial charge is 0.432 e. The maximum atomic E-state index is 15.3. The van der Waals surface area contributed by atoms with E-state index in [0.29, 0.717) is 23.6 Å². The summed E-state index contributed by atoms with van der Waals surface area (Å²) in [6.07, 6.45) is 5.09. The molecule has 0 atom stereocenters. The summed E-state index contributed by atoms with van der Waals surface area (Å²) in [5, 5.41) is 0. The highest BCUT2D eigenvalue weighted by molar-refractivity contribution is 5.71. The van der Waals surface area contributed by atoms with E-state index in [4.69, 9.17) is 0 Å². The third kappa shape index (κ3) is 7.91. The minimum Gasteiger partial charge on any atom is -0.457 e. The van der Waals surface area contributed by atoms with E-state index in [1.807, 2.05) is 24.3 Å². The predicted molar refractivity (Wildman–Crippen MR) is 164 cm³/mol. The number of benzene rings is 4. The van der Waals surface area contributed by atoms with Crippen molar-refractivity contribution >= 4 is 0 Å². The fraction of sp³-hybridized carbons (Fsp3) is 0.351. The summed E-state index contributed by atoms with van der Waals surface area (Å²) in [4.78, 5) is 0. The predicted octanol–water partition coefficient (Wildman–Crippen LogP) is 12.0. The first-order valence-corrected chi connectivity index (χ1v) is 15.6. The van der Waals surface area contributed by atoms with Crippen LogP contribution < -0.4 is 9.47 Å². The Balaban J connectivity index is 1.29. The van der Waals surface area contributed by atoms with Crippen molar-refractivity contribution in [1.29, 1.82) is 0 Å². The first-order valence-electron chi connectivity index (χ1n) is 15.6. The van der Waals surface area contributed by atoms with E-state index in [1.54, 1.807) is 6.07 Å². The molecule has 0 amide bonds. The molecule has 4 aromatic rings. The van der Waals surface area contributed by atoms with Crippen molar-refractivity contribution in [2.24, 2.45) is 5.92 Å². The maximum Gasteiger partial charge on any atom is 0.432 e. The van der Waals surface area contributed by atoms with Crippen molar-refractivity contribution in [2.75, 3.05) is 6.86 Å². The van der Waals surface area contributed by atoms with Crippen molar-refractivity contribution in [3.63, 3.8) is 0 Å². The van der Waals surface area contributed by atoms with Crippen LogP contribution in [0.4, 0.5) is 35.1 Å². The SMILES string of the molecule is CCCCCC1CCC(c2ccc(-c3ccc(-c4cc(F)c(C(F)(F)Oc5cc(F)c(OCF)c(F)c5)c(F)c4)c(F)c3)cc2)CC1. The van der Waals surface area contributed by atoms with Crippen molar-refractivity contribution < 1.29 is 44.6 Å². The minimum atomic E-state index is -4.74. The van der Waals surface area contributed by atoms with Gasteiger partial charge in [0.1, 0.15) is 28.8 Å². The molecule has 47 heavy (non-hydrogen) atoms. The van der Waals surface area contributed by atoms with E-state index in [-0.39, 0.29) is 23.3 Å². The van der Waals surface area contributed by atoms with Crippen LogP contribution >= 0.6 is 0 Å². The average molecular weight is 663 g/mol. The van der Waals surface area contributed by atoms with Crippen molar-refractivity contribution in [2.45, 2.75) is 70.3 Å². The van der Waals surface area contributed by atoms with Crippen LogP contribution in [0.1, 0.15) is 75.3 Å². The van der Waals surface area contributed by atoms with Gasteiger partial charge in [0, 0.05) is 17.7 Å². The lowest BCUT2D eigenvalue weighted by atomic mass is 9.77. The first kappa shape index (κ1) is 34.3. The molecule has 5 rings (SSSR count). The maximum absolute atomic E-state index is 15.3. The third-order valence-corrected chi connectivity index (χ3v) is 8.81. The van der Waals surface area contributed by atoms with Crippen LogP contribution in [0.3, 0.4) is 0 Å². The molecule has 0 saturated heterocycles. The Morgan fingerprint density at radius 3 is 1.85 bits per heavy atom. The van der Waals surface area contributed by atoms with E-state index < -0.39 is 59.1 Å². The summed E-state index contributed by atoms with van der Waals surface area (Å²) in [6, 6.07) is 13.5. The molecule has 250 valence electrons. The summed E-state index contributed by atoms with van der Waals surface area (Å²) >= 11 is 0. The highest BCUT2D eigenvalue weighted by Gasteiger charge is 2.41. The number of alkyl halides is 3. The van der Waals surface area contributed by atoms with Gasteiger partial charge in [-0.05, 0) is 78.0 Å². The molecular formula is C37H34F8O2. The lowest BCUT2D eigenvalue weighted by molar-refractivity contribution is -0.189. The van der Waals surface area contributed by atoms with Crippen LogP contribution in [-0.2, 0) is 6.11 Å². The van der Waals surface area contributed by atoms with Gasteiger partial charge in [-0.15, -0.1) is 0 Å². The van der Waals surface area contributed by atoms with Gasteiger partial charge in [-0.25, -0.2) is 26.3 Å². The largest absolute Gasteiger partial charge is 0.457 e. The molecule has 0 aromatic heterocycles. The number of ether oxygens (including phenoxy) is 2. The molecule has 1 aliphatic carbocycles. The molecule has 0 N–H and O–H groups in total. The lowest BCUT2D eigenvalue weighted by Gasteiger charge is -2.29. The molecular weight excluding hydrogens is 628 g/mol. The topological polar surface area (TPSA) is 18.5 Å². The quantitative estimate of drug-likeness (QED) is 0.111. The van der Waals surface area contributed by atoms with Gasteiger partial charge in [-0.1, -0.05) is 69.0 Å². The Bertz CT molecular complexity index is 1630. The van der Waals surface area contributed by atoms with Crippen molar-refractivity contribution in [1.82, 2.24) is 0 Å². The van der Waals surface area contributed by atoms with Gasteiger partial charge in [0.05, 0.1) is 0 Å². The second-order valence-corrected chi connectivity index (χ2v) is 11.9. The zero-order valence-electron chi connectivity index (χ0n) is 25.7. The van der Waals surface area contributed by atoms with Gasteiger partial charge in [0.2, 0.25) is 6.86 Å². The summed E-state index contributed by atoms with van der Waals surface area (Å²) < 4.78 is 123. The Labute approximate surface area is 268 Å². The third-order valence-electron chi connectivity index (χ3n) is 8.81. The Kier molecular flexibility index (Phi) is 10.8. The second kappa shape index (κ2) is 14.8. The highest BCUT2D eigenvalue weighted by Crippen LogP contribution is 2.41. The van der Waals surface area contributed by atoms with Crippen LogP contribution in [0.15, 0.2) is 66.7 Å². The summed E-state index contributed by atoms with van der Waals surface area (Å²) in [5.74, 6) is -8.57. The molecule has 2 nitrogen and oxygen atoms in total. The van der Waals surface area contributed by atoms with Crippen molar-refractivity contribution in [3.8, 4) is 33.8 Å². The molecule has 0 unspecified atom stereocenters. The van der Waals surface area contributed by atoms with E-state index in [2.05, 4.69) is 16.4 Å². The van der Waals surface area contributed by atoms with E-state index >= 15 is 4.39 Å². The van der Waals surface area contributed by atoms with Gasteiger partial charge in [0.25, 0.3) is 0 Å². The van der Waals surface area contributed by atoms with E-state index in [1.165, 1.54) is 56.2 Å². The zero-order valence-corrected chi connectivity index (χ0v) is 25.7. The second-order valence-electron chi connectivity index (χ2n) is 11.9. The van der Waals surface area contributed by atoms with Crippen LogP contribution in [0.5, 0.6) is 11.5 Å². The van der Waals surface area contributed by atoms with Gasteiger partial charge in [-0.2, -0.15) is 8.78 Å². The monoisotopic (exact) mass is 662 g/mol. The molecule has 0 spiro atoms. The Morgan fingerprint density at radius 2 is 1.28 bits per heavy atom. The molecule has 1 aliphatic rings. The summed E-state index contributed by atoms with van der Waals surface area (Å²) in [5.41, 5.74) is 0.0683. The normalized spacial score (nSPS) is 16.7. The molecule has 0 heterocycles. The van der Waals surface area contributed by atoms with Gasteiger partial charge >= 0.3 is 6.11 Å². The number of unbranched alkanes of at least 4 members (excludes halogenated alkanes) is 2. The van der Waals surface area contributed by atoms with E-state index in [0.717, 1.165) is 24.3 Å². The van der Waals surface area contributed by atoms with Crippen LogP contribution in [0.2, 0.25) is 0 Å². The molecule has 0 radical (unpaired) electrons. The molecule has 1 fully saturated rings. The highest BCUT2D eigenvalue weighted by atomic mass is 19.3. The fourth-order valence-electron chi connectivity index (χ4n) is 6.34. The number of halogens is 8. The minimum absolute atomic E-state index is 0.234. The van der Waals surface area contributed by atoms with Crippen LogP contribution in [0, 0.1) is 35.0 Å². The summed E-state index contributed by atoms with van der Waals surface area (Å²) in [6.45, 7) is 0.619. The zero-order chi connectivity index (χ0) is 33.7. The number of hydrogen-bond acceptors (Lipinski definition) is 2. The lowest BCUT2D eigenvalue weighted by Crippen LogP contribution is -2.25.